The molecule has 1 aromatic heterocycles. The minimum atomic E-state index is -1.52. The summed E-state index contributed by atoms with van der Waals surface area (Å²) in [6, 6.07) is 13.5. The Morgan fingerprint density at radius 3 is 2.50 bits per heavy atom. The fraction of sp³-hybridized carbons (Fsp3) is 0.391. The average molecular weight is 481 g/mol. The number of halogens is 1. The summed E-state index contributed by atoms with van der Waals surface area (Å²) in [7, 11) is 0. The molecule has 32 heavy (non-hydrogen) atoms. The molecule has 4 rings (SSSR count). The third kappa shape index (κ3) is 4.64. The van der Waals surface area contributed by atoms with Gasteiger partial charge in [0.25, 0.3) is 0 Å². The van der Waals surface area contributed by atoms with E-state index >= 15 is 0 Å². The summed E-state index contributed by atoms with van der Waals surface area (Å²) in [5.41, 5.74) is 1.18. The molecule has 1 aliphatic rings. The van der Waals surface area contributed by atoms with Crippen LogP contribution in [0.5, 0.6) is 5.75 Å². The van der Waals surface area contributed by atoms with Crippen molar-refractivity contribution >= 4 is 33.0 Å². The summed E-state index contributed by atoms with van der Waals surface area (Å²) in [5.74, 6) is 0.286. The van der Waals surface area contributed by atoms with Crippen LogP contribution in [0, 0.1) is 0 Å². The number of ether oxygens (including phenoxy) is 2. The van der Waals surface area contributed by atoms with E-state index in [-0.39, 0.29) is 19.0 Å². The summed E-state index contributed by atoms with van der Waals surface area (Å²) >= 11 is 8.20. The molecule has 0 bridgehead atoms. The van der Waals surface area contributed by atoms with Crippen molar-refractivity contribution in [3.8, 4) is 5.75 Å². The lowest BCUT2D eigenvalue weighted by Crippen LogP contribution is -2.55. The highest BCUT2D eigenvalue weighted by Gasteiger charge is 2.45. The van der Waals surface area contributed by atoms with E-state index in [1.807, 2.05) is 18.2 Å². The van der Waals surface area contributed by atoms with Crippen molar-refractivity contribution in [2.75, 3.05) is 19.8 Å². The van der Waals surface area contributed by atoms with Gasteiger partial charge < -0.3 is 35.0 Å². The first-order valence-corrected chi connectivity index (χ1v) is 11.5. The van der Waals surface area contributed by atoms with Gasteiger partial charge in [0, 0.05) is 26.6 Å². The van der Waals surface area contributed by atoms with E-state index in [0.717, 1.165) is 20.5 Å². The molecule has 1 fully saturated rings. The van der Waals surface area contributed by atoms with Crippen LogP contribution in [0.15, 0.2) is 42.5 Å². The predicted octanol–water partition coefficient (Wildman–Crippen LogP) is 2.03. The van der Waals surface area contributed by atoms with Crippen molar-refractivity contribution in [2.24, 2.45) is 0 Å². The first-order chi connectivity index (χ1) is 15.4. The summed E-state index contributed by atoms with van der Waals surface area (Å²) in [6.07, 6.45) is -6.02. The number of fused-ring (bicyclic) bond motifs is 1. The van der Waals surface area contributed by atoms with Crippen molar-refractivity contribution in [3.05, 3.63) is 63.5 Å². The van der Waals surface area contributed by atoms with Crippen LogP contribution in [0.3, 0.4) is 0 Å². The number of thiophene rings is 1. The van der Waals surface area contributed by atoms with Crippen molar-refractivity contribution in [1.29, 1.82) is 0 Å². The second-order valence-electron chi connectivity index (χ2n) is 7.73. The Morgan fingerprint density at radius 1 is 1.00 bits per heavy atom. The molecule has 2 heterocycles. The van der Waals surface area contributed by atoms with Crippen molar-refractivity contribution in [1.82, 2.24) is 0 Å². The van der Waals surface area contributed by atoms with Crippen LogP contribution < -0.4 is 4.74 Å². The normalized spacial score (nSPS) is 25.9. The van der Waals surface area contributed by atoms with Gasteiger partial charge in [0.1, 0.15) is 42.9 Å². The smallest absolute Gasteiger partial charge is 0.126 e. The predicted molar refractivity (Wildman–Crippen MR) is 121 cm³/mol. The standard InChI is InChI=1S/C23H25ClO7S/c24-16-10-17(30-6-5-25)15(23-22(29)21(28)20(27)18(11-26)31-23)9-13(16)8-14-7-12-3-1-2-4-19(12)32-14/h1-4,7,9-10,18,20-23,25-29H,5-6,8,11H2/t18-,20-,21+,22-,23+/m1/s1. The van der Waals surface area contributed by atoms with Gasteiger partial charge in [-0.2, -0.15) is 0 Å². The maximum atomic E-state index is 10.6. The molecule has 0 radical (unpaired) electrons. The van der Waals surface area contributed by atoms with Crippen LogP contribution >= 0.6 is 22.9 Å². The lowest BCUT2D eigenvalue weighted by Gasteiger charge is -2.40. The number of benzene rings is 2. The Morgan fingerprint density at radius 2 is 1.78 bits per heavy atom. The largest absolute Gasteiger partial charge is 0.491 e. The molecule has 7 nitrogen and oxygen atoms in total. The summed E-state index contributed by atoms with van der Waals surface area (Å²) in [6.45, 7) is -0.762. The highest BCUT2D eigenvalue weighted by molar-refractivity contribution is 7.19. The van der Waals surface area contributed by atoms with Gasteiger partial charge in [-0.25, -0.2) is 0 Å². The van der Waals surface area contributed by atoms with Crippen molar-refractivity contribution < 1.29 is 35.0 Å². The van der Waals surface area contributed by atoms with Gasteiger partial charge in [-0.15, -0.1) is 11.3 Å². The topological polar surface area (TPSA) is 120 Å². The molecule has 2 aromatic carbocycles. The molecular formula is C23H25ClO7S. The lowest BCUT2D eigenvalue weighted by atomic mass is 9.90. The van der Waals surface area contributed by atoms with E-state index < -0.39 is 37.1 Å². The molecule has 0 unspecified atom stereocenters. The number of aliphatic hydroxyl groups is 5. The van der Waals surface area contributed by atoms with Crippen molar-refractivity contribution in [3.63, 3.8) is 0 Å². The van der Waals surface area contributed by atoms with Crippen LogP contribution in [0.4, 0.5) is 0 Å². The van der Waals surface area contributed by atoms with Gasteiger partial charge in [-0.3, -0.25) is 0 Å². The molecule has 5 N–H and O–H groups in total. The molecule has 172 valence electrons. The van der Waals surface area contributed by atoms with Crippen LogP contribution in [-0.4, -0.2) is 69.8 Å². The number of hydrogen-bond donors (Lipinski definition) is 5. The average Bonchev–Trinajstić information content (AvgIpc) is 3.20. The van der Waals surface area contributed by atoms with E-state index in [9.17, 15) is 25.5 Å². The fourth-order valence-electron chi connectivity index (χ4n) is 3.93. The molecule has 3 aromatic rings. The van der Waals surface area contributed by atoms with Crippen LogP contribution in [-0.2, 0) is 11.2 Å². The second kappa shape index (κ2) is 10.0. The summed E-state index contributed by atoms with van der Waals surface area (Å²) in [5, 5.41) is 51.3. The van der Waals surface area contributed by atoms with Gasteiger partial charge in [0.2, 0.25) is 0 Å². The molecular weight excluding hydrogens is 456 g/mol. The molecule has 1 aliphatic heterocycles. The molecule has 5 atom stereocenters. The zero-order chi connectivity index (χ0) is 22.8. The maximum Gasteiger partial charge on any atom is 0.126 e. The first-order valence-electron chi connectivity index (χ1n) is 10.3. The quantitative estimate of drug-likeness (QED) is 0.351. The number of rotatable bonds is 7. The molecule has 1 saturated heterocycles. The van der Waals surface area contributed by atoms with Gasteiger partial charge in [-0.1, -0.05) is 29.8 Å². The molecule has 9 heteroatoms. The lowest BCUT2D eigenvalue weighted by molar-refractivity contribution is -0.232. The van der Waals surface area contributed by atoms with Crippen LogP contribution in [0.1, 0.15) is 22.1 Å². The van der Waals surface area contributed by atoms with E-state index in [0.29, 0.717) is 17.0 Å². The molecule has 0 aliphatic carbocycles. The van der Waals surface area contributed by atoms with Gasteiger partial charge in [-0.05, 0) is 35.2 Å². The first kappa shape index (κ1) is 23.4. The summed E-state index contributed by atoms with van der Waals surface area (Å²) in [4.78, 5) is 1.09. The highest BCUT2D eigenvalue weighted by Crippen LogP contribution is 2.40. The Labute approximate surface area is 194 Å². The second-order valence-corrected chi connectivity index (χ2v) is 9.31. The highest BCUT2D eigenvalue weighted by atomic mass is 35.5. The van der Waals surface area contributed by atoms with Gasteiger partial charge in [0.15, 0.2) is 0 Å². The third-order valence-electron chi connectivity index (χ3n) is 5.57. The zero-order valence-corrected chi connectivity index (χ0v) is 18.7. The molecule has 0 saturated carbocycles. The zero-order valence-electron chi connectivity index (χ0n) is 17.1. The van der Waals surface area contributed by atoms with E-state index in [2.05, 4.69) is 12.1 Å². The molecule has 0 amide bonds. The van der Waals surface area contributed by atoms with E-state index in [1.54, 1.807) is 23.5 Å². The number of aliphatic hydroxyl groups excluding tert-OH is 5. The third-order valence-corrected chi connectivity index (χ3v) is 7.04. The Balaban J connectivity index is 1.72. The maximum absolute atomic E-state index is 10.6. The number of hydrogen-bond acceptors (Lipinski definition) is 8. The minimum absolute atomic E-state index is 0.00356. The minimum Gasteiger partial charge on any atom is -0.491 e. The Hall–Kier alpha value is -1.75. The SMILES string of the molecule is OCCOc1cc(Cl)c(Cc2cc3ccccc3s2)cc1[C@@H]1O[C@H](CO)[C@@H](O)[C@H](O)[C@H]1O. The van der Waals surface area contributed by atoms with Crippen LogP contribution in [0.25, 0.3) is 10.1 Å². The summed E-state index contributed by atoms with van der Waals surface area (Å²) < 4.78 is 12.5. The van der Waals surface area contributed by atoms with E-state index in [4.69, 9.17) is 21.1 Å². The fourth-order valence-corrected chi connectivity index (χ4v) is 5.24. The Bertz CT molecular complexity index is 1040. The van der Waals surface area contributed by atoms with Crippen LogP contribution in [0.2, 0.25) is 5.02 Å². The van der Waals surface area contributed by atoms with Crippen molar-refractivity contribution in [2.45, 2.75) is 36.9 Å². The molecule has 0 spiro atoms. The van der Waals surface area contributed by atoms with E-state index in [1.165, 1.54) is 0 Å². The van der Waals surface area contributed by atoms with Gasteiger partial charge >= 0.3 is 0 Å². The van der Waals surface area contributed by atoms with Gasteiger partial charge in [0.05, 0.1) is 13.2 Å². The Kier molecular flexibility index (Phi) is 7.34. The monoisotopic (exact) mass is 480 g/mol.